The molecule has 5 nitrogen and oxygen atoms in total. The van der Waals surface area contributed by atoms with Crippen LogP contribution >= 0.6 is 0 Å². The van der Waals surface area contributed by atoms with Gasteiger partial charge < -0.3 is 16.0 Å². The number of carbonyl (C=O) groups is 2. The first-order valence-electron chi connectivity index (χ1n) is 8.92. The summed E-state index contributed by atoms with van der Waals surface area (Å²) in [7, 11) is 0. The molecule has 22 heavy (non-hydrogen) atoms. The second-order valence-electron chi connectivity index (χ2n) is 6.91. The Morgan fingerprint density at radius 2 is 1.91 bits per heavy atom. The molecular weight excluding hydrogens is 278 g/mol. The zero-order valence-electron chi connectivity index (χ0n) is 13.8. The van der Waals surface area contributed by atoms with Crippen LogP contribution in [-0.4, -0.2) is 38.0 Å². The van der Waals surface area contributed by atoms with E-state index in [0.717, 1.165) is 32.4 Å². The van der Waals surface area contributed by atoms with E-state index in [4.69, 9.17) is 0 Å². The van der Waals surface area contributed by atoms with Crippen LogP contribution in [-0.2, 0) is 9.59 Å². The third-order valence-corrected chi connectivity index (χ3v) is 5.10. The van der Waals surface area contributed by atoms with Crippen molar-refractivity contribution < 1.29 is 9.59 Å². The smallest absolute Gasteiger partial charge is 0.223 e. The minimum absolute atomic E-state index is 0.142. The van der Waals surface area contributed by atoms with Gasteiger partial charge in [0.05, 0.1) is 0 Å². The summed E-state index contributed by atoms with van der Waals surface area (Å²) in [6.45, 7) is 5.65. The zero-order valence-corrected chi connectivity index (χ0v) is 13.8. The Hall–Kier alpha value is -1.10. The van der Waals surface area contributed by atoms with E-state index in [1.807, 2.05) is 0 Å². The highest BCUT2D eigenvalue weighted by molar-refractivity contribution is 5.79. The Labute approximate surface area is 134 Å². The molecule has 1 aliphatic carbocycles. The molecule has 126 valence electrons. The van der Waals surface area contributed by atoms with Crippen molar-refractivity contribution >= 4 is 11.8 Å². The standard InChI is InChI=1S/C17H31N3O2/c1-13(15-7-3-8-18-12-15)11-16(21)19-9-4-10-20-17(22)14-5-2-6-14/h13-15,18H,2-12H2,1H3,(H,19,21)(H,20,22). The Kier molecular flexibility index (Phi) is 7.16. The van der Waals surface area contributed by atoms with Crippen molar-refractivity contribution in [1.29, 1.82) is 0 Å². The minimum Gasteiger partial charge on any atom is -0.356 e. The van der Waals surface area contributed by atoms with Gasteiger partial charge in [0.2, 0.25) is 11.8 Å². The third kappa shape index (κ3) is 5.59. The van der Waals surface area contributed by atoms with Crippen molar-refractivity contribution in [2.24, 2.45) is 17.8 Å². The van der Waals surface area contributed by atoms with Gasteiger partial charge in [-0.3, -0.25) is 9.59 Å². The lowest BCUT2D eigenvalue weighted by atomic mass is 9.85. The van der Waals surface area contributed by atoms with E-state index in [9.17, 15) is 9.59 Å². The number of hydrogen-bond donors (Lipinski definition) is 3. The second kappa shape index (κ2) is 9.13. The van der Waals surface area contributed by atoms with Crippen LogP contribution in [0.25, 0.3) is 0 Å². The molecule has 2 fully saturated rings. The quantitative estimate of drug-likeness (QED) is 0.594. The van der Waals surface area contributed by atoms with Crippen molar-refractivity contribution in [2.45, 2.75) is 51.9 Å². The molecule has 0 aromatic carbocycles. The normalized spacial score (nSPS) is 23.4. The van der Waals surface area contributed by atoms with Crippen molar-refractivity contribution in [3.63, 3.8) is 0 Å². The van der Waals surface area contributed by atoms with E-state index < -0.39 is 0 Å². The van der Waals surface area contributed by atoms with Gasteiger partial charge in [0.25, 0.3) is 0 Å². The van der Waals surface area contributed by atoms with Crippen LogP contribution in [0.5, 0.6) is 0 Å². The molecular formula is C17H31N3O2. The van der Waals surface area contributed by atoms with E-state index >= 15 is 0 Å². The number of hydrogen-bond acceptors (Lipinski definition) is 3. The van der Waals surface area contributed by atoms with Gasteiger partial charge in [-0.1, -0.05) is 13.3 Å². The molecule has 3 N–H and O–H groups in total. The number of piperidine rings is 1. The number of amides is 2. The summed E-state index contributed by atoms with van der Waals surface area (Å²) < 4.78 is 0. The Morgan fingerprint density at radius 3 is 2.55 bits per heavy atom. The lowest BCUT2D eigenvalue weighted by Crippen LogP contribution is -2.37. The summed E-state index contributed by atoms with van der Waals surface area (Å²) in [5, 5.41) is 9.33. The molecule has 1 saturated carbocycles. The molecule has 2 atom stereocenters. The van der Waals surface area contributed by atoms with Gasteiger partial charge in [-0.05, 0) is 57.0 Å². The first-order chi connectivity index (χ1) is 10.7. The van der Waals surface area contributed by atoms with Crippen LogP contribution in [0.1, 0.15) is 51.9 Å². The van der Waals surface area contributed by atoms with E-state index in [2.05, 4.69) is 22.9 Å². The Bertz CT molecular complexity index is 363. The average Bonchev–Trinajstić information content (AvgIpc) is 2.46. The highest BCUT2D eigenvalue weighted by Crippen LogP contribution is 2.26. The molecule has 0 bridgehead atoms. The predicted octanol–water partition coefficient (Wildman–Crippen LogP) is 1.43. The summed E-state index contributed by atoms with van der Waals surface area (Å²) in [5.41, 5.74) is 0. The maximum absolute atomic E-state index is 11.9. The fraction of sp³-hybridized carbons (Fsp3) is 0.882. The Morgan fingerprint density at radius 1 is 1.14 bits per heavy atom. The molecule has 0 aromatic heterocycles. The van der Waals surface area contributed by atoms with Crippen molar-refractivity contribution in [1.82, 2.24) is 16.0 Å². The monoisotopic (exact) mass is 309 g/mol. The fourth-order valence-corrected chi connectivity index (χ4v) is 3.24. The highest BCUT2D eigenvalue weighted by Gasteiger charge is 2.24. The summed E-state index contributed by atoms with van der Waals surface area (Å²) in [6, 6.07) is 0. The number of carbonyl (C=O) groups excluding carboxylic acids is 2. The van der Waals surface area contributed by atoms with Crippen LogP contribution < -0.4 is 16.0 Å². The van der Waals surface area contributed by atoms with Gasteiger partial charge in [0.15, 0.2) is 0 Å². The molecule has 2 unspecified atom stereocenters. The second-order valence-corrected chi connectivity index (χ2v) is 6.91. The van der Waals surface area contributed by atoms with Crippen molar-refractivity contribution in [3.8, 4) is 0 Å². The molecule has 1 heterocycles. The minimum atomic E-state index is 0.142. The van der Waals surface area contributed by atoms with Gasteiger partial charge in [0.1, 0.15) is 0 Å². The molecule has 0 aromatic rings. The summed E-state index contributed by atoms with van der Waals surface area (Å²) in [6.07, 6.45) is 7.13. The maximum Gasteiger partial charge on any atom is 0.223 e. The van der Waals surface area contributed by atoms with Crippen LogP contribution in [0, 0.1) is 17.8 Å². The van der Waals surface area contributed by atoms with Crippen LogP contribution in [0.2, 0.25) is 0 Å². The van der Waals surface area contributed by atoms with E-state index in [1.54, 1.807) is 0 Å². The summed E-state index contributed by atoms with van der Waals surface area (Å²) in [4.78, 5) is 23.6. The van der Waals surface area contributed by atoms with Gasteiger partial charge in [-0.2, -0.15) is 0 Å². The lowest BCUT2D eigenvalue weighted by molar-refractivity contribution is -0.127. The first-order valence-corrected chi connectivity index (χ1v) is 8.92. The van der Waals surface area contributed by atoms with Crippen LogP contribution in [0.4, 0.5) is 0 Å². The van der Waals surface area contributed by atoms with Crippen LogP contribution in [0.15, 0.2) is 0 Å². The number of nitrogens with one attached hydrogen (secondary N) is 3. The molecule has 1 saturated heterocycles. The van der Waals surface area contributed by atoms with Gasteiger partial charge in [-0.25, -0.2) is 0 Å². The van der Waals surface area contributed by atoms with Gasteiger partial charge in [-0.15, -0.1) is 0 Å². The highest BCUT2D eigenvalue weighted by atomic mass is 16.2. The summed E-state index contributed by atoms with van der Waals surface area (Å²) >= 11 is 0. The maximum atomic E-state index is 11.9. The van der Waals surface area contributed by atoms with E-state index in [1.165, 1.54) is 19.3 Å². The largest absolute Gasteiger partial charge is 0.356 e. The third-order valence-electron chi connectivity index (χ3n) is 5.10. The van der Waals surface area contributed by atoms with E-state index in [-0.39, 0.29) is 17.7 Å². The van der Waals surface area contributed by atoms with Crippen molar-refractivity contribution in [2.75, 3.05) is 26.2 Å². The molecule has 2 rings (SSSR count). The molecule has 0 radical (unpaired) electrons. The van der Waals surface area contributed by atoms with Crippen molar-refractivity contribution in [3.05, 3.63) is 0 Å². The first kappa shape index (κ1) is 17.3. The summed E-state index contributed by atoms with van der Waals surface area (Å²) in [5.74, 6) is 1.64. The van der Waals surface area contributed by atoms with Gasteiger partial charge in [0, 0.05) is 25.4 Å². The molecule has 1 aliphatic heterocycles. The average molecular weight is 309 g/mol. The zero-order chi connectivity index (χ0) is 15.8. The predicted molar refractivity (Wildman–Crippen MR) is 87.4 cm³/mol. The van der Waals surface area contributed by atoms with Gasteiger partial charge >= 0.3 is 0 Å². The molecule has 0 spiro atoms. The molecule has 2 aliphatic rings. The van der Waals surface area contributed by atoms with Crippen LogP contribution in [0.3, 0.4) is 0 Å². The SMILES string of the molecule is CC(CC(=O)NCCCNC(=O)C1CCC1)C1CCCNC1. The number of rotatable bonds is 8. The Balaban J connectivity index is 1.49. The molecule has 5 heteroatoms. The topological polar surface area (TPSA) is 70.2 Å². The molecule has 2 amide bonds. The fourth-order valence-electron chi connectivity index (χ4n) is 3.24. The van der Waals surface area contributed by atoms with E-state index in [0.29, 0.717) is 31.3 Å². The lowest BCUT2D eigenvalue weighted by Gasteiger charge is -2.28.